The second-order valence-electron chi connectivity index (χ2n) is 3.38. The Bertz CT molecular complexity index is 412. The minimum absolute atomic E-state index is 1.02. The van der Waals surface area contributed by atoms with Gasteiger partial charge in [0.05, 0.1) is 0 Å². The molecule has 0 fully saturated rings. The van der Waals surface area contributed by atoms with Crippen LogP contribution in [-0.2, 0) is 6.42 Å². The number of hydrogen-bond acceptors (Lipinski definition) is 1. The van der Waals surface area contributed by atoms with Crippen LogP contribution < -0.4 is 0 Å². The van der Waals surface area contributed by atoms with Crippen LogP contribution in [0.1, 0.15) is 24.7 Å². The van der Waals surface area contributed by atoms with Crippen LogP contribution >= 0.6 is 0 Å². The van der Waals surface area contributed by atoms with E-state index in [2.05, 4.69) is 19.1 Å². The number of hydrogen-bond donors (Lipinski definition) is 0. The third-order valence-electron chi connectivity index (χ3n) is 2.40. The molecule has 2 aromatic rings. The fourth-order valence-corrected chi connectivity index (χ4v) is 1.78. The highest BCUT2D eigenvalue weighted by atomic mass is 16.3. The molecule has 0 unspecified atom stereocenters. The van der Waals surface area contributed by atoms with Crippen molar-refractivity contribution in [2.24, 2.45) is 0 Å². The van der Waals surface area contributed by atoms with Crippen molar-refractivity contribution in [3.8, 4) is 0 Å². The predicted molar refractivity (Wildman–Crippen MR) is 54.9 cm³/mol. The Kier molecular flexibility index (Phi) is 2.09. The Morgan fingerprint density at radius 1 is 1.23 bits per heavy atom. The van der Waals surface area contributed by atoms with Gasteiger partial charge in [-0.05, 0) is 19.4 Å². The van der Waals surface area contributed by atoms with Crippen LogP contribution in [0.15, 0.2) is 28.7 Å². The summed E-state index contributed by atoms with van der Waals surface area (Å²) in [5.74, 6) is 1.07. The van der Waals surface area contributed by atoms with Gasteiger partial charge in [0, 0.05) is 10.9 Å². The average Bonchev–Trinajstić information content (AvgIpc) is 2.44. The molecule has 68 valence electrons. The number of para-hydroxylation sites is 1. The van der Waals surface area contributed by atoms with Crippen LogP contribution in [-0.4, -0.2) is 0 Å². The van der Waals surface area contributed by atoms with Gasteiger partial charge in [-0.15, -0.1) is 0 Å². The van der Waals surface area contributed by atoms with Crippen LogP contribution in [0.25, 0.3) is 11.0 Å². The van der Waals surface area contributed by atoms with E-state index in [1.54, 1.807) is 0 Å². The third kappa shape index (κ3) is 1.35. The Balaban J connectivity index is 2.64. The fourth-order valence-electron chi connectivity index (χ4n) is 1.78. The summed E-state index contributed by atoms with van der Waals surface area (Å²) >= 11 is 0. The van der Waals surface area contributed by atoms with E-state index in [0.717, 1.165) is 17.8 Å². The zero-order valence-electron chi connectivity index (χ0n) is 8.13. The van der Waals surface area contributed by atoms with E-state index in [1.807, 2.05) is 19.1 Å². The van der Waals surface area contributed by atoms with E-state index in [1.165, 1.54) is 17.4 Å². The van der Waals surface area contributed by atoms with Crippen LogP contribution in [0.5, 0.6) is 0 Å². The number of fused-ring (bicyclic) bond motifs is 1. The zero-order chi connectivity index (χ0) is 9.26. The van der Waals surface area contributed by atoms with Crippen molar-refractivity contribution in [2.75, 3.05) is 0 Å². The summed E-state index contributed by atoms with van der Waals surface area (Å²) < 4.78 is 5.65. The highest BCUT2D eigenvalue weighted by Crippen LogP contribution is 2.25. The van der Waals surface area contributed by atoms with Crippen molar-refractivity contribution < 1.29 is 4.42 Å². The van der Waals surface area contributed by atoms with Gasteiger partial charge in [-0.25, -0.2) is 0 Å². The summed E-state index contributed by atoms with van der Waals surface area (Å²) in [6.45, 7) is 4.24. The van der Waals surface area contributed by atoms with Crippen molar-refractivity contribution in [2.45, 2.75) is 26.7 Å². The van der Waals surface area contributed by atoms with Crippen LogP contribution in [0.3, 0.4) is 0 Å². The maximum absolute atomic E-state index is 5.65. The molecule has 1 heteroatoms. The van der Waals surface area contributed by atoms with E-state index >= 15 is 0 Å². The molecule has 0 atom stereocenters. The number of furan rings is 1. The fraction of sp³-hybridized carbons (Fsp3) is 0.333. The smallest absolute Gasteiger partial charge is 0.134 e. The molecule has 1 heterocycles. The largest absolute Gasteiger partial charge is 0.461 e. The first kappa shape index (κ1) is 8.36. The van der Waals surface area contributed by atoms with Crippen molar-refractivity contribution in [3.05, 3.63) is 35.6 Å². The monoisotopic (exact) mass is 174 g/mol. The van der Waals surface area contributed by atoms with Gasteiger partial charge in [-0.1, -0.05) is 31.5 Å². The number of aryl methyl sites for hydroxylation is 2. The molecule has 0 bridgehead atoms. The Morgan fingerprint density at radius 2 is 2.00 bits per heavy atom. The second kappa shape index (κ2) is 3.25. The summed E-state index contributed by atoms with van der Waals surface area (Å²) in [6, 6.07) is 8.25. The molecule has 0 aliphatic rings. The molecule has 1 aromatic carbocycles. The molecule has 0 spiro atoms. The molecular formula is C12H14O. The molecule has 0 saturated carbocycles. The minimum Gasteiger partial charge on any atom is -0.461 e. The second-order valence-corrected chi connectivity index (χ2v) is 3.38. The molecule has 0 aliphatic carbocycles. The Hall–Kier alpha value is -1.24. The van der Waals surface area contributed by atoms with Gasteiger partial charge < -0.3 is 4.42 Å². The Labute approximate surface area is 78.4 Å². The maximum atomic E-state index is 5.65. The standard InChI is InChI=1S/C12H14O/c1-3-6-10-9(2)13-12-8-5-4-7-11(10)12/h4-5,7-8H,3,6H2,1-2H3. The van der Waals surface area contributed by atoms with Crippen molar-refractivity contribution >= 4 is 11.0 Å². The van der Waals surface area contributed by atoms with E-state index in [4.69, 9.17) is 4.42 Å². The van der Waals surface area contributed by atoms with E-state index in [0.29, 0.717) is 0 Å². The SMILES string of the molecule is CCCc1c(C)oc2ccccc12. The van der Waals surface area contributed by atoms with Crippen molar-refractivity contribution in [1.29, 1.82) is 0 Å². The first-order chi connectivity index (χ1) is 6.33. The summed E-state index contributed by atoms with van der Waals surface area (Å²) in [5, 5.41) is 1.28. The summed E-state index contributed by atoms with van der Waals surface area (Å²) in [7, 11) is 0. The van der Waals surface area contributed by atoms with E-state index < -0.39 is 0 Å². The number of rotatable bonds is 2. The quantitative estimate of drug-likeness (QED) is 0.676. The third-order valence-corrected chi connectivity index (χ3v) is 2.40. The van der Waals surface area contributed by atoms with Gasteiger partial charge in [0.2, 0.25) is 0 Å². The van der Waals surface area contributed by atoms with Crippen LogP contribution in [0.4, 0.5) is 0 Å². The van der Waals surface area contributed by atoms with Gasteiger partial charge in [0.15, 0.2) is 0 Å². The number of benzene rings is 1. The van der Waals surface area contributed by atoms with E-state index in [9.17, 15) is 0 Å². The molecular weight excluding hydrogens is 160 g/mol. The molecule has 2 rings (SSSR count). The molecule has 0 aliphatic heterocycles. The molecule has 13 heavy (non-hydrogen) atoms. The van der Waals surface area contributed by atoms with Crippen LogP contribution in [0.2, 0.25) is 0 Å². The van der Waals surface area contributed by atoms with Crippen molar-refractivity contribution in [1.82, 2.24) is 0 Å². The lowest BCUT2D eigenvalue weighted by Gasteiger charge is -1.94. The average molecular weight is 174 g/mol. The van der Waals surface area contributed by atoms with E-state index in [-0.39, 0.29) is 0 Å². The van der Waals surface area contributed by atoms with Crippen molar-refractivity contribution in [3.63, 3.8) is 0 Å². The zero-order valence-corrected chi connectivity index (χ0v) is 8.13. The molecule has 1 nitrogen and oxygen atoms in total. The molecule has 0 radical (unpaired) electrons. The summed E-state index contributed by atoms with van der Waals surface area (Å²) in [4.78, 5) is 0. The lowest BCUT2D eigenvalue weighted by atomic mass is 10.1. The molecule has 0 saturated heterocycles. The highest BCUT2D eigenvalue weighted by Gasteiger charge is 2.08. The summed E-state index contributed by atoms with van der Waals surface area (Å²) in [6.07, 6.45) is 2.28. The molecule has 1 aromatic heterocycles. The first-order valence-electron chi connectivity index (χ1n) is 4.80. The topological polar surface area (TPSA) is 13.1 Å². The summed E-state index contributed by atoms with van der Waals surface area (Å²) in [5.41, 5.74) is 2.39. The van der Waals surface area contributed by atoms with Gasteiger partial charge in [0.1, 0.15) is 11.3 Å². The molecule has 0 amide bonds. The predicted octanol–water partition coefficient (Wildman–Crippen LogP) is 3.69. The van der Waals surface area contributed by atoms with Gasteiger partial charge in [0.25, 0.3) is 0 Å². The molecule has 0 N–H and O–H groups in total. The highest BCUT2D eigenvalue weighted by molar-refractivity contribution is 5.82. The minimum atomic E-state index is 1.02. The van der Waals surface area contributed by atoms with Gasteiger partial charge in [-0.3, -0.25) is 0 Å². The lowest BCUT2D eigenvalue weighted by Crippen LogP contribution is -1.82. The van der Waals surface area contributed by atoms with Crippen LogP contribution in [0, 0.1) is 6.92 Å². The Morgan fingerprint density at radius 3 is 2.77 bits per heavy atom. The first-order valence-corrected chi connectivity index (χ1v) is 4.80. The van der Waals surface area contributed by atoms with Gasteiger partial charge in [-0.2, -0.15) is 0 Å². The normalized spacial score (nSPS) is 10.9. The maximum Gasteiger partial charge on any atom is 0.134 e. The van der Waals surface area contributed by atoms with Gasteiger partial charge >= 0.3 is 0 Å². The lowest BCUT2D eigenvalue weighted by molar-refractivity contribution is 0.571.